The number of ether oxygens (including phenoxy) is 1. The van der Waals surface area contributed by atoms with Gasteiger partial charge in [0.15, 0.2) is 5.75 Å². The standard InChI is InChI=1S/C11H15N3O3/c1-17-11-3-2-9(8-10(11)14(15)16)13-6-4-12-5-7-13/h2-3,8,12H,4-7H2,1H3. The van der Waals surface area contributed by atoms with E-state index < -0.39 is 4.92 Å². The highest BCUT2D eigenvalue weighted by molar-refractivity contribution is 5.60. The zero-order valence-electron chi connectivity index (χ0n) is 9.68. The molecule has 1 aromatic carbocycles. The van der Waals surface area contributed by atoms with E-state index in [4.69, 9.17) is 4.74 Å². The first kappa shape index (κ1) is 11.7. The predicted octanol–water partition coefficient (Wildman–Crippen LogP) is 1.01. The molecule has 0 spiro atoms. The van der Waals surface area contributed by atoms with Gasteiger partial charge in [0.25, 0.3) is 0 Å². The van der Waals surface area contributed by atoms with Gasteiger partial charge in [-0.2, -0.15) is 0 Å². The molecule has 2 rings (SSSR count). The van der Waals surface area contributed by atoms with E-state index in [2.05, 4.69) is 10.2 Å². The molecule has 0 amide bonds. The molecule has 17 heavy (non-hydrogen) atoms. The van der Waals surface area contributed by atoms with Gasteiger partial charge in [0.1, 0.15) is 0 Å². The molecule has 0 aromatic heterocycles. The number of hydrogen-bond acceptors (Lipinski definition) is 5. The third-order valence-electron chi connectivity index (χ3n) is 2.84. The van der Waals surface area contributed by atoms with Crippen molar-refractivity contribution >= 4 is 11.4 Å². The van der Waals surface area contributed by atoms with Crippen LogP contribution in [0.4, 0.5) is 11.4 Å². The molecule has 1 N–H and O–H groups in total. The second-order valence-electron chi connectivity index (χ2n) is 3.85. The average Bonchev–Trinajstić information content (AvgIpc) is 2.39. The van der Waals surface area contributed by atoms with Crippen molar-refractivity contribution in [1.29, 1.82) is 0 Å². The number of piperazine rings is 1. The van der Waals surface area contributed by atoms with Crippen LogP contribution in [0.25, 0.3) is 0 Å². The van der Waals surface area contributed by atoms with Crippen LogP contribution in [0.5, 0.6) is 5.75 Å². The van der Waals surface area contributed by atoms with Gasteiger partial charge in [-0.3, -0.25) is 10.1 Å². The van der Waals surface area contributed by atoms with E-state index >= 15 is 0 Å². The third kappa shape index (κ3) is 2.47. The number of nitro benzene ring substituents is 1. The van der Waals surface area contributed by atoms with Crippen LogP contribution in [0, 0.1) is 10.1 Å². The molecular weight excluding hydrogens is 222 g/mol. The fraction of sp³-hybridized carbons (Fsp3) is 0.455. The summed E-state index contributed by atoms with van der Waals surface area (Å²) in [6.45, 7) is 3.53. The molecule has 92 valence electrons. The maximum atomic E-state index is 10.9. The Morgan fingerprint density at radius 2 is 2.12 bits per heavy atom. The summed E-state index contributed by atoms with van der Waals surface area (Å²) in [5, 5.41) is 14.2. The number of nitrogens with zero attached hydrogens (tertiary/aromatic N) is 2. The van der Waals surface area contributed by atoms with E-state index in [1.54, 1.807) is 12.1 Å². The average molecular weight is 237 g/mol. The second kappa shape index (κ2) is 5.01. The van der Waals surface area contributed by atoms with Crippen molar-refractivity contribution in [3.05, 3.63) is 28.3 Å². The van der Waals surface area contributed by atoms with Gasteiger partial charge in [-0.05, 0) is 12.1 Å². The predicted molar refractivity (Wildman–Crippen MR) is 64.7 cm³/mol. The maximum absolute atomic E-state index is 10.9. The molecule has 1 saturated heterocycles. The largest absolute Gasteiger partial charge is 0.490 e. The first-order valence-corrected chi connectivity index (χ1v) is 5.50. The lowest BCUT2D eigenvalue weighted by molar-refractivity contribution is -0.385. The van der Waals surface area contributed by atoms with Gasteiger partial charge in [-0.15, -0.1) is 0 Å². The smallest absolute Gasteiger partial charge is 0.312 e. The molecule has 6 nitrogen and oxygen atoms in total. The molecule has 1 aromatic rings. The lowest BCUT2D eigenvalue weighted by Crippen LogP contribution is -2.43. The molecule has 1 fully saturated rings. The summed E-state index contributed by atoms with van der Waals surface area (Å²) in [5.41, 5.74) is 0.891. The molecule has 0 unspecified atom stereocenters. The Balaban J connectivity index is 2.29. The van der Waals surface area contributed by atoms with E-state index in [0.29, 0.717) is 5.75 Å². The van der Waals surface area contributed by atoms with Crippen LogP contribution < -0.4 is 15.0 Å². The van der Waals surface area contributed by atoms with Crippen LogP contribution >= 0.6 is 0 Å². The second-order valence-corrected chi connectivity index (χ2v) is 3.85. The normalized spacial score (nSPS) is 15.7. The van der Waals surface area contributed by atoms with Gasteiger partial charge in [0.05, 0.1) is 12.0 Å². The highest BCUT2D eigenvalue weighted by Crippen LogP contribution is 2.31. The summed E-state index contributed by atoms with van der Waals surface area (Å²) in [5.74, 6) is 0.300. The Morgan fingerprint density at radius 3 is 2.71 bits per heavy atom. The molecular formula is C11H15N3O3. The molecule has 1 aliphatic heterocycles. The Morgan fingerprint density at radius 1 is 1.41 bits per heavy atom. The van der Waals surface area contributed by atoms with Gasteiger partial charge in [0.2, 0.25) is 0 Å². The van der Waals surface area contributed by atoms with Crippen molar-refractivity contribution in [3.8, 4) is 5.75 Å². The van der Waals surface area contributed by atoms with E-state index in [0.717, 1.165) is 31.9 Å². The Kier molecular flexibility index (Phi) is 3.43. The van der Waals surface area contributed by atoms with Crippen LogP contribution in [-0.2, 0) is 0 Å². The van der Waals surface area contributed by atoms with E-state index in [1.807, 2.05) is 6.07 Å². The Labute approximate surface area is 99.3 Å². The van der Waals surface area contributed by atoms with Crippen molar-refractivity contribution in [3.63, 3.8) is 0 Å². The molecule has 1 heterocycles. The van der Waals surface area contributed by atoms with Crippen molar-refractivity contribution in [2.24, 2.45) is 0 Å². The van der Waals surface area contributed by atoms with Gasteiger partial charge in [-0.25, -0.2) is 0 Å². The minimum Gasteiger partial charge on any atom is -0.490 e. The van der Waals surface area contributed by atoms with Crippen molar-refractivity contribution in [2.75, 3.05) is 38.2 Å². The summed E-state index contributed by atoms with van der Waals surface area (Å²) >= 11 is 0. The van der Waals surface area contributed by atoms with Gasteiger partial charge < -0.3 is 15.0 Å². The number of nitro groups is 1. The fourth-order valence-corrected chi connectivity index (χ4v) is 1.94. The SMILES string of the molecule is COc1ccc(N2CCNCC2)cc1[N+](=O)[O-]. The third-order valence-corrected chi connectivity index (χ3v) is 2.84. The summed E-state index contributed by atoms with van der Waals surface area (Å²) < 4.78 is 4.98. The van der Waals surface area contributed by atoms with E-state index in [1.165, 1.54) is 7.11 Å². The molecule has 1 aliphatic rings. The lowest BCUT2D eigenvalue weighted by atomic mass is 10.2. The summed E-state index contributed by atoms with van der Waals surface area (Å²) in [6.07, 6.45) is 0. The summed E-state index contributed by atoms with van der Waals surface area (Å²) in [6, 6.07) is 5.08. The quantitative estimate of drug-likeness (QED) is 0.627. The monoisotopic (exact) mass is 237 g/mol. The van der Waals surface area contributed by atoms with E-state index in [-0.39, 0.29) is 5.69 Å². The highest BCUT2D eigenvalue weighted by Gasteiger charge is 2.18. The number of hydrogen-bond donors (Lipinski definition) is 1. The zero-order chi connectivity index (χ0) is 12.3. The molecule has 0 aliphatic carbocycles. The van der Waals surface area contributed by atoms with Gasteiger partial charge >= 0.3 is 5.69 Å². The molecule has 0 atom stereocenters. The number of rotatable bonds is 3. The maximum Gasteiger partial charge on any atom is 0.312 e. The van der Waals surface area contributed by atoms with Crippen LogP contribution in [0.3, 0.4) is 0 Å². The summed E-state index contributed by atoms with van der Waals surface area (Å²) in [7, 11) is 1.44. The van der Waals surface area contributed by atoms with Crippen molar-refractivity contribution in [2.45, 2.75) is 0 Å². The van der Waals surface area contributed by atoms with Crippen molar-refractivity contribution < 1.29 is 9.66 Å². The lowest BCUT2D eigenvalue weighted by Gasteiger charge is -2.29. The molecule has 0 saturated carbocycles. The number of nitrogens with one attached hydrogen (secondary N) is 1. The van der Waals surface area contributed by atoms with Crippen molar-refractivity contribution in [1.82, 2.24) is 5.32 Å². The molecule has 0 bridgehead atoms. The zero-order valence-corrected chi connectivity index (χ0v) is 9.68. The minimum atomic E-state index is -0.412. The topological polar surface area (TPSA) is 67.6 Å². The van der Waals surface area contributed by atoms with Crippen LogP contribution in [0.1, 0.15) is 0 Å². The number of benzene rings is 1. The molecule has 6 heteroatoms. The highest BCUT2D eigenvalue weighted by atomic mass is 16.6. The fourth-order valence-electron chi connectivity index (χ4n) is 1.94. The summed E-state index contributed by atoms with van der Waals surface area (Å²) in [4.78, 5) is 12.6. The first-order valence-electron chi connectivity index (χ1n) is 5.50. The Bertz CT molecular complexity index is 416. The minimum absolute atomic E-state index is 0.0172. The van der Waals surface area contributed by atoms with Crippen LogP contribution in [0.15, 0.2) is 18.2 Å². The first-order chi connectivity index (χ1) is 8.22. The van der Waals surface area contributed by atoms with Crippen LogP contribution in [0.2, 0.25) is 0 Å². The van der Waals surface area contributed by atoms with E-state index in [9.17, 15) is 10.1 Å². The number of anilines is 1. The van der Waals surface area contributed by atoms with Gasteiger partial charge in [0, 0.05) is 37.9 Å². The molecule has 0 radical (unpaired) electrons. The van der Waals surface area contributed by atoms with Crippen LogP contribution in [-0.4, -0.2) is 38.2 Å². The van der Waals surface area contributed by atoms with Gasteiger partial charge in [-0.1, -0.05) is 0 Å². The Hall–Kier alpha value is -1.82. The number of methoxy groups -OCH3 is 1.